The highest BCUT2D eigenvalue weighted by atomic mass is 19.1. The molecule has 0 aromatic heterocycles. The number of methoxy groups -OCH3 is 1. The molecular weight excluding hydrogens is 238 g/mol. The summed E-state index contributed by atoms with van der Waals surface area (Å²) >= 11 is 0. The predicted octanol–water partition coefficient (Wildman–Crippen LogP) is 3.42. The van der Waals surface area contributed by atoms with Gasteiger partial charge in [-0.3, -0.25) is 4.79 Å². The molecule has 0 heterocycles. The van der Waals surface area contributed by atoms with E-state index in [2.05, 4.69) is 0 Å². The zero-order valence-electron chi connectivity index (χ0n) is 10.6. The SMILES string of the molecule is COC1(CC(=O)c2cc(C)c(F)cc2F)CCC1. The van der Waals surface area contributed by atoms with Crippen molar-refractivity contribution in [1.29, 1.82) is 0 Å². The average Bonchev–Trinajstić information content (AvgIpc) is 2.28. The van der Waals surface area contributed by atoms with Gasteiger partial charge in [-0.2, -0.15) is 0 Å². The Morgan fingerprint density at radius 3 is 2.50 bits per heavy atom. The highest BCUT2D eigenvalue weighted by molar-refractivity contribution is 5.97. The van der Waals surface area contributed by atoms with E-state index in [0.29, 0.717) is 0 Å². The van der Waals surface area contributed by atoms with Gasteiger partial charge in [-0.05, 0) is 37.8 Å². The largest absolute Gasteiger partial charge is 0.378 e. The molecule has 98 valence electrons. The topological polar surface area (TPSA) is 26.3 Å². The molecule has 0 unspecified atom stereocenters. The lowest BCUT2D eigenvalue weighted by molar-refractivity contribution is -0.0705. The van der Waals surface area contributed by atoms with Crippen molar-refractivity contribution < 1.29 is 18.3 Å². The fourth-order valence-electron chi connectivity index (χ4n) is 2.28. The molecule has 1 fully saturated rings. The number of ether oxygens (including phenoxy) is 1. The smallest absolute Gasteiger partial charge is 0.168 e. The summed E-state index contributed by atoms with van der Waals surface area (Å²) in [5.41, 5.74) is -0.205. The summed E-state index contributed by atoms with van der Waals surface area (Å²) in [6, 6.07) is 2.04. The number of aryl methyl sites for hydroxylation is 1. The van der Waals surface area contributed by atoms with Crippen LogP contribution in [0.3, 0.4) is 0 Å². The molecule has 0 aliphatic heterocycles. The molecule has 0 spiro atoms. The number of ketones is 1. The highest BCUT2D eigenvalue weighted by Gasteiger charge is 2.39. The van der Waals surface area contributed by atoms with Gasteiger partial charge in [-0.15, -0.1) is 0 Å². The first-order chi connectivity index (χ1) is 8.47. The van der Waals surface area contributed by atoms with Crippen molar-refractivity contribution in [3.8, 4) is 0 Å². The molecule has 1 aromatic rings. The van der Waals surface area contributed by atoms with E-state index in [1.54, 1.807) is 7.11 Å². The lowest BCUT2D eigenvalue weighted by Gasteiger charge is -2.40. The zero-order chi connectivity index (χ0) is 13.3. The Labute approximate surface area is 105 Å². The fourth-order valence-corrected chi connectivity index (χ4v) is 2.28. The first kappa shape index (κ1) is 13.1. The van der Waals surface area contributed by atoms with Crippen LogP contribution in [0.2, 0.25) is 0 Å². The van der Waals surface area contributed by atoms with Crippen molar-refractivity contribution >= 4 is 5.78 Å². The number of halogens is 2. The van der Waals surface area contributed by atoms with Gasteiger partial charge in [0.2, 0.25) is 0 Å². The molecule has 1 aliphatic carbocycles. The number of carbonyl (C=O) groups excluding carboxylic acids is 1. The second-order valence-corrected chi connectivity index (χ2v) is 4.92. The lowest BCUT2D eigenvalue weighted by atomic mass is 9.75. The maximum absolute atomic E-state index is 13.6. The lowest BCUT2D eigenvalue weighted by Crippen LogP contribution is -2.41. The van der Waals surface area contributed by atoms with Crippen LogP contribution in [-0.2, 0) is 4.74 Å². The van der Waals surface area contributed by atoms with E-state index in [9.17, 15) is 13.6 Å². The summed E-state index contributed by atoms with van der Waals surface area (Å²) in [7, 11) is 1.57. The molecule has 1 saturated carbocycles. The van der Waals surface area contributed by atoms with Crippen molar-refractivity contribution in [2.75, 3.05) is 7.11 Å². The van der Waals surface area contributed by atoms with Gasteiger partial charge in [0.15, 0.2) is 5.78 Å². The summed E-state index contributed by atoms with van der Waals surface area (Å²) in [4.78, 5) is 12.1. The molecular formula is C14H16F2O2. The Hall–Kier alpha value is -1.29. The summed E-state index contributed by atoms with van der Waals surface area (Å²) in [5, 5.41) is 0. The van der Waals surface area contributed by atoms with Crippen LogP contribution in [0.1, 0.15) is 41.6 Å². The Morgan fingerprint density at radius 1 is 1.33 bits per heavy atom. The first-order valence-electron chi connectivity index (χ1n) is 6.01. The van der Waals surface area contributed by atoms with Gasteiger partial charge in [-0.1, -0.05) is 0 Å². The molecule has 0 bridgehead atoms. The van der Waals surface area contributed by atoms with Crippen molar-refractivity contribution in [2.24, 2.45) is 0 Å². The van der Waals surface area contributed by atoms with Gasteiger partial charge >= 0.3 is 0 Å². The highest BCUT2D eigenvalue weighted by Crippen LogP contribution is 2.39. The molecule has 0 amide bonds. The van der Waals surface area contributed by atoms with Crippen LogP contribution < -0.4 is 0 Å². The van der Waals surface area contributed by atoms with E-state index in [-0.39, 0.29) is 23.3 Å². The van der Waals surface area contributed by atoms with Crippen LogP contribution in [0, 0.1) is 18.6 Å². The average molecular weight is 254 g/mol. The zero-order valence-corrected chi connectivity index (χ0v) is 10.6. The number of carbonyl (C=O) groups is 1. The fraction of sp³-hybridized carbons (Fsp3) is 0.500. The van der Waals surface area contributed by atoms with E-state index >= 15 is 0 Å². The summed E-state index contributed by atoms with van der Waals surface area (Å²) in [6.07, 6.45) is 2.81. The van der Waals surface area contributed by atoms with Crippen LogP contribution in [-0.4, -0.2) is 18.5 Å². The molecule has 1 aromatic carbocycles. The number of Topliss-reactive ketones (excluding diaryl/α,β-unsaturated/α-hetero) is 1. The number of rotatable bonds is 4. The second kappa shape index (κ2) is 4.76. The molecule has 2 nitrogen and oxygen atoms in total. The number of hydrogen-bond donors (Lipinski definition) is 0. The standard InChI is InChI=1S/C14H16F2O2/c1-9-6-10(12(16)7-11(9)15)13(17)8-14(18-2)4-3-5-14/h6-7H,3-5,8H2,1-2H3. The number of hydrogen-bond acceptors (Lipinski definition) is 2. The van der Waals surface area contributed by atoms with Crippen LogP contribution in [0.5, 0.6) is 0 Å². The van der Waals surface area contributed by atoms with E-state index < -0.39 is 17.2 Å². The Bertz CT molecular complexity index is 473. The molecule has 0 radical (unpaired) electrons. The third kappa shape index (κ3) is 2.29. The number of benzene rings is 1. The second-order valence-electron chi connectivity index (χ2n) is 4.92. The summed E-state index contributed by atoms with van der Waals surface area (Å²) < 4.78 is 32.1. The minimum absolute atomic E-state index is 0.0442. The van der Waals surface area contributed by atoms with Gasteiger partial charge in [0, 0.05) is 19.6 Å². The molecule has 0 saturated heterocycles. The molecule has 1 aliphatic rings. The summed E-state index contributed by atoms with van der Waals surface area (Å²) in [6.45, 7) is 1.51. The normalized spacial score (nSPS) is 17.3. The molecule has 0 N–H and O–H groups in total. The predicted molar refractivity (Wildman–Crippen MR) is 63.6 cm³/mol. The minimum atomic E-state index is -0.798. The maximum atomic E-state index is 13.6. The van der Waals surface area contributed by atoms with Crippen molar-refractivity contribution in [3.05, 3.63) is 34.9 Å². The third-order valence-electron chi connectivity index (χ3n) is 3.73. The van der Waals surface area contributed by atoms with E-state index in [0.717, 1.165) is 25.3 Å². The molecule has 18 heavy (non-hydrogen) atoms. The summed E-state index contributed by atoms with van der Waals surface area (Å²) in [5.74, 6) is -1.75. The van der Waals surface area contributed by atoms with Gasteiger partial charge in [-0.25, -0.2) is 8.78 Å². The van der Waals surface area contributed by atoms with Gasteiger partial charge in [0.05, 0.1) is 11.2 Å². The van der Waals surface area contributed by atoms with Crippen LogP contribution in [0.25, 0.3) is 0 Å². The van der Waals surface area contributed by atoms with E-state index in [4.69, 9.17) is 4.74 Å². The Morgan fingerprint density at radius 2 is 2.00 bits per heavy atom. The van der Waals surface area contributed by atoms with E-state index in [1.165, 1.54) is 13.0 Å². The molecule has 4 heteroatoms. The maximum Gasteiger partial charge on any atom is 0.168 e. The van der Waals surface area contributed by atoms with Crippen LogP contribution in [0.15, 0.2) is 12.1 Å². The van der Waals surface area contributed by atoms with Crippen molar-refractivity contribution in [1.82, 2.24) is 0 Å². The van der Waals surface area contributed by atoms with Gasteiger partial charge in [0.25, 0.3) is 0 Å². The van der Waals surface area contributed by atoms with Crippen LogP contribution in [0.4, 0.5) is 8.78 Å². The minimum Gasteiger partial charge on any atom is -0.378 e. The molecule has 2 rings (SSSR count). The molecule has 0 atom stereocenters. The third-order valence-corrected chi connectivity index (χ3v) is 3.73. The quantitative estimate of drug-likeness (QED) is 0.770. The van der Waals surface area contributed by atoms with E-state index in [1.807, 2.05) is 0 Å². The van der Waals surface area contributed by atoms with Crippen molar-refractivity contribution in [3.63, 3.8) is 0 Å². The monoisotopic (exact) mass is 254 g/mol. The van der Waals surface area contributed by atoms with Gasteiger partial charge in [0.1, 0.15) is 11.6 Å². The first-order valence-corrected chi connectivity index (χ1v) is 6.01. The van der Waals surface area contributed by atoms with Crippen LogP contribution >= 0.6 is 0 Å². The Kier molecular flexibility index (Phi) is 3.48. The van der Waals surface area contributed by atoms with Crippen molar-refractivity contribution in [2.45, 2.75) is 38.2 Å². The Balaban J connectivity index is 2.21. The van der Waals surface area contributed by atoms with Gasteiger partial charge < -0.3 is 4.74 Å².